The summed E-state index contributed by atoms with van der Waals surface area (Å²) in [7, 11) is 1.51. The highest BCUT2D eigenvalue weighted by Gasteiger charge is 2.35. The lowest BCUT2D eigenvalue weighted by molar-refractivity contribution is -0.157. The SMILES string of the molecule is CCOC(=O)CCC1Cn2nc3c(c2C(=O)N(C)O1)CN(C(=O)Nc1ccc(F)c(Cl)c1)CC3. The van der Waals surface area contributed by atoms with E-state index < -0.39 is 18.0 Å². The number of hydrogen-bond acceptors (Lipinski definition) is 6. The minimum absolute atomic E-state index is 0.0909. The van der Waals surface area contributed by atoms with Crippen LogP contribution in [0.4, 0.5) is 14.9 Å². The van der Waals surface area contributed by atoms with Gasteiger partial charge in [0.25, 0.3) is 5.91 Å². The number of benzene rings is 1. The summed E-state index contributed by atoms with van der Waals surface area (Å²) in [6, 6.07) is 3.54. The predicted octanol–water partition coefficient (Wildman–Crippen LogP) is 2.99. The third-order valence-corrected chi connectivity index (χ3v) is 6.00. The zero-order chi connectivity index (χ0) is 24.4. The summed E-state index contributed by atoms with van der Waals surface area (Å²) in [5.41, 5.74) is 2.13. The third kappa shape index (κ3) is 5.00. The number of fused-ring (bicyclic) bond motifs is 3. The lowest BCUT2D eigenvalue weighted by Crippen LogP contribution is -2.39. The van der Waals surface area contributed by atoms with E-state index in [0.29, 0.717) is 42.9 Å². The van der Waals surface area contributed by atoms with E-state index in [1.807, 2.05) is 0 Å². The van der Waals surface area contributed by atoms with Crippen molar-refractivity contribution < 1.29 is 28.3 Å². The van der Waals surface area contributed by atoms with Crippen LogP contribution in [0.25, 0.3) is 0 Å². The van der Waals surface area contributed by atoms with Crippen LogP contribution in [-0.4, -0.2) is 64.0 Å². The zero-order valence-corrected chi connectivity index (χ0v) is 19.6. The number of hydrogen-bond donors (Lipinski definition) is 1. The Labute approximate surface area is 200 Å². The maximum atomic E-state index is 13.4. The van der Waals surface area contributed by atoms with Crippen molar-refractivity contribution in [3.8, 4) is 0 Å². The van der Waals surface area contributed by atoms with Crippen molar-refractivity contribution in [2.75, 3.05) is 25.5 Å². The second-order valence-corrected chi connectivity index (χ2v) is 8.47. The molecule has 3 heterocycles. The number of rotatable bonds is 5. The highest BCUT2D eigenvalue weighted by Crippen LogP contribution is 2.28. The van der Waals surface area contributed by atoms with Crippen LogP contribution in [0.15, 0.2) is 18.2 Å². The monoisotopic (exact) mass is 493 g/mol. The Morgan fingerprint density at radius 1 is 1.38 bits per heavy atom. The first kappa shape index (κ1) is 24.0. The second-order valence-electron chi connectivity index (χ2n) is 8.06. The first-order valence-electron chi connectivity index (χ1n) is 11.0. The van der Waals surface area contributed by atoms with Gasteiger partial charge in [0, 0.05) is 37.7 Å². The molecule has 0 fully saturated rings. The van der Waals surface area contributed by atoms with Gasteiger partial charge in [-0.2, -0.15) is 5.10 Å². The molecule has 4 rings (SSSR count). The van der Waals surface area contributed by atoms with E-state index in [1.165, 1.54) is 25.2 Å². The third-order valence-electron chi connectivity index (χ3n) is 5.71. The Kier molecular flexibility index (Phi) is 7.03. The number of nitrogens with one attached hydrogen (secondary N) is 1. The van der Waals surface area contributed by atoms with E-state index in [9.17, 15) is 18.8 Å². The number of amides is 3. The number of esters is 1. The first-order valence-corrected chi connectivity index (χ1v) is 11.3. The van der Waals surface area contributed by atoms with Crippen LogP contribution in [0.5, 0.6) is 0 Å². The number of carbonyl (C=O) groups excluding carboxylic acids is 3. The van der Waals surface area contributed by atoms with E-state index in [-0.39, 0.29) is 36.4 Å². The van der Waals surface area contributed by atoms with Crippen molar-refractivity contribution in [3.05, 3.63) is 46.0 Å². The fourth-order valence-electron chi connectivity index (χ4n) is 4.05. The number of carbonyl (C=O) groups is 3. The number of halogens is 2. The van der Waals surface area contributed by atoms with Gasteiger partial charge in [-0.1, -0.05) is 11.6 Å². The molecule has 1 unspecified atom stereocenters. The van der Waals surface area contributed by atoms with Gasteiger partial charge in [-0.3, -0.25) is 19.1 Å². The van der Waals surface area contributed by atoms with Gasteiger partial charge in [0.2, 0.25) is 0 Å². The van der Waals surface area contributed by atoms with Crippen molar-refractivity contribution in [1.29, 1.82) is 0 Å². The normalized spacial score (nSPS) is 17.6. The Hall–Kier alpha value is -3.18. The summed E-state index contributed by atoms with van der Waals surface area (Å²) in [6.45, 7) is 2.91. The summed E-state index contributed by atoms with van der Waals surface area (Å²) in [5, 5.41) is 8.37. The van der Waals surface area contributed by atoms with Crippen molar-refractivity contribution in [2.24, 2.45) is 0 Å². The van der Waals surface area contributed by atoms with Crippen LogP contribution < -0.4 is 5.32 Å². The summed E-state index contributed by atoms with van der Waals surface area (Å²) in [5.74, 6) is -1.27. The summed E-state index contributed by atoms with van der Waals surface area (Å²) in [4.78, 5) is 44.9. The molecule has 0 aliphatic carbocycles. The number of urea groups is 1. The molecule has 1 N–H and O–H groups in total. The van der Waals surface area contributed by atoms with Gasteiger partial charge in [0.15, 0.2) is 0 Å². The Balaban J connectivity index is 1.50. The molecule has 3 amide bonds. The molecule has 0 spiro atoms. The Morgan fingerprint density at radius 3 is 2.91 bits per heavy atom. The van der Waals surface area contributed by atoms with Gasteiger partial charge in [0.05, 0.1) is 30.4 Å². The number of ether oxygens (including phenoxy) is 1. The lowest BCUT2D eigenvalue weighted by Gasteiger charge is -2.27. The van der Waals surface area contributed by atoms with E-state index >= 15 is 0 Å². The average molecular weight is 494 g/mol. The number of nitrogens with zero attached hydrogens (tertiary/aromatic N) is 4. The van der Waals surface area contributed by atoms with Crippen LogP contribution in [0.1, 0.15) is 41.5 Å². The molecule has 2 aliphatic heterocycles. The fraction of sp³-hybridized carbons (Fsp3) is 0.455. The van der Waals surface area contributed by atoms with Gasteiger partial charge in [0.1, 0.15) is 17.6 Å². The number of aromatic nitrogens is 2. The van der Waals surface area contributed by atoms with Crippen LogP contribution in [0.3, 0.4) is 0 Å². The fourth-order valence-corrected chi connectivity index (χ4v) is 4.23. The molecule has 34 heavy (non-hydrogen) atoms. The molecule has 12 heteroatoms. The average Bonchev–Trinajstić information content (AvgIpc) is 3.10. The topological polar surface area (TPSA) is 106 Å². The van der Waals surface area contributed by atoms with Gasteiger partial charge >= 0.3 is 12.0 Å². The van der Waals surface area contributed by atoms with E-state index in [4.69, 9.17) is 21.2 Å². The molecule has 182 valence electrons. The molecule has 0 radical (unpaired) electrons. The zero-order valence-electron chi connectivity index (χ0n) is 18.8. The summed E-state index contributed by atoms with van der Waals surface area (Å²) >= 11 is 5.80. The molecule has 10 nitrogen and oxygen atoms in total. The summed E-state index contributed by atoms with van der Waals surface area (Å²) < 4.78 is 20.0. The van der Waals surface area contributed by atoms with Crippen molar-refractivity contribution in [3.63, 3.8) is 0 Å². The van der Waals surface area contributed by atoms with E-state index in [0.717, 1.165) is 10.8 Å². The van der Waals surface area contributed by atoms with Gasteiger partial charge in [-0.25, -0.2) is 14.2 Å². The highest BCUT2D eigenvalue weighted by atomic mass is 35.5. The minimum atomic E-state index is -0.574. The van der Waals surface area contributed by atoms with Crippen LogP contribution in [-0.2, 0) is 33.9 Å². The van der Waals surface area contributed by atoms with Crippen molar-refractivity contribution >= 4 is 35.2 Å². The smallest absolute Gasteiger partial charge is 0.322 e. The van der Waals surface area contributed by atoms with Crippen molar-refractivity contribution in [1.82, 2.24) is 19.7 Å². The van der Waals surface area contributed by atoms with Gasteiger partial charge in [-0.15, -0.1) is 0 Å². The minimum Gasteiger partial charge on any atom is -0.466 e. The lowest BCUT2D eigenvalue weighted by atomic mass is 10.1. The van der Waals surface area contributed by atoms with Crippen LogP contribution in [0.2, 0.25) is 5.02 Å². The first-order chi connectivity index (χ1) is 16.3. The number of hydroxylamine groups is 2. The predicted molar refractivity (Wildman–Crippen MR) is 120 cm³/mol. The molecular weight excluding hydrogens is 469 g/mol. The molecular formula is C22H25ClFN5O5. The number of anilines is 1. The molecule has 2 aromatic rings. The maximum absolute atomic E-state index is 13.4. The molecule has 1 aromatic carbocycles. The molecule has 2 aliphatic rings. The molecule has 0 saturated carbocycles. The second kappa shape index (κ2) is 9.98. The Morgan fingerprint density at radius 2 is 2.18 bits per heavy atom. The van der Waals surface area contributed by atoms with Crippen LogP contribution >= 0.6 is 11.6 Å². The standard InChI is InChI=1S/C22H25ClFN5O5/c1-3-33-19(30)7-5-14-11-29-20(21(31)27(2)34-14)15-12-28(9-8-18(15)26-29)22(32)25-13-4-6-17(24)16(23)10-13/h4,6,10,14H,3,5,7-9,11-12H2,1-2H3,(H,25,32). The molecule has 1 atom stereocenters. The molecule has 1 aromatic heterocycles. The van der Waals surface area contributed by atoms with Crippen molar-refractivity contribution in [2.45, 2.75) is 45.4 Å². The van der Waals surface area contributed by atoms with Gasteiger partial charge < -0.3 is 15.0 Å². The largest absolute Gasteiger partial charge is 0.466 e. The van der Waals surface area contributed by atoms with E-state index in [2.05, 4.69) is 10.4 Å². The molecule has 0 saturated heterocycles. The van der Waals surface area contributed by atoms with Gasteiger partial charge in [-0.05, 0) is 31.5 Å². The summed E-state index contributed by atoms with van der Waals surface area (Å²) in [6.07, 6.45) is 0.564. The molecule has 0 bridgehead atoms. The maximum Gasteiger partial charge on any atom is 0.322 e. The Bertz CT molecular complexity index is 1120. The highest BCUT2D eigenvalue weighted by molar-refractivity contribution is 6.31. The quantitative estimate of drug-likeness (QED) is 0.642. The van der Waals surface area contributed by atoms with Crippen LogP contribution in [0, 0.1) is 5.82 Å². The van der Waals surface area contributed by atoms with E-state index in [1.54, 1.807) is 16.5 Å².